The monoisotopic (exact) mass is 568 g/mol. The molecular formula is C19H16BrF3N2O6S2. The number of benzene rings is 2. The molecule has 2 atom stereocenters. The van der Waals surface area contributed by atoms with Crippen LogP contribution in [0.2, 0.25) is 0 Å². The summed E-state index contributed by atoms with van der Waals surface area (Å²) in [6.07, 6.45) is -5.03. The predicted octanol–water partition coefficient (Wildman–Crippen LogP) is 1.91. The summed E-state index contributed by atoms with van der Waals surface area (Å²) >= 11 is 2.86. The molecule has 3 rings (SSSR count). The van der Waals surface area contributed by atoms with Crippen molar-refractivity contribution in [3.05, 3.63) is 58.1 Å². The third-order valence-electron chi connectivity index (χ3n) is 5.24. The Morgan fingerprint density at radius 3 is 2.27 bits per heavy atom. The van der Waals surface area contributed by atoms with E-state index in [1.807, 2.05) is 0 Å². The first-order valence-electron chi connectivity index (χ1n) is 9.11. The molecule has 33 heavy (non-hydrogen) atoms. The number of hydrogen-bond donors (Lipinski definition) is 2. The summed E-state index contributed by atoms with van der Waals surface area (Å²) in [5.74, 6) is 0. The van der Waals surface area contributed by atoms with Crippen LogP contribution in [0.25, 0.3) is 0 Å². The van der Waals surface area contributed by atoms with Crippen molar-refractivity contribution in [1.29, 1.82) is 5.26 Å². The smallest absolute Gasteiger partial charge is 0.393 e. The lowest BCUT2D eigenvalue weighted by molar-refractivity contribution is -0.140. The minimum atomic E-state index is -5.03. The molecule has 0 unspecified atom stereocenters. The highest BCUT2D eigenvalue weighted by molar-refractivity contribution is 9.10. The Labute approximate surface area is 196 Å². The zero-order valence-corrected chi connectivity index (χ0v) is 19.7. The van der Waals surface area contributed by atoms with Crippen LogP contribution in [0.4, 0.5) is 13.2 Å². The first-order chi connectivity index (χ1) is 15.2. The van der Waals surface area contributed by atoms with Gasteiger partial charge in [-0.05, 0) is 42.5 Å². The van der Waals surface area contributed by atoms with Gasteiger partial charge in [0.2, 0.25) is 10.0 Å². The molecule has 1 aliphatic heterocycles. The number of rotatable bonds is 5. The lowest BCUT2D eigenvalue weighted by atomic mass is 10.1. The number of nitriles is 1. The summed E-state index contributed by atoms with van der Waals surface area (Å²) < 4.78 is 93.3. The zero-order chi connectivity index (χ0) is 24.8. The van der Waals surface area contributed by atoms with E-state index < -0.39 is 67.0 Å². The summed E-state index contributed by atoms with van der Waals surface area (Å²) in [7, 11) is -9.38. The molecular weight excluding hydrogens is 553 g/mol. The number of sulfone groups is 1. The second-order valence-electron chi connectivity index (χ2n) is 7.37. The minimum absolute atomic E-state index is 0.0247. The molecule has 178 valence electrons. The van der Waals surface area contributed by atoms with Crippen molar-refractivity contribution in [2.45, 2.75) is 26.8 Å². The van der Waals surface area contributed by atoms with E-state index in [1.165, 1.54) is 12.1 Å². The Bertz CT molecular complexity index is 1320. The molecule has 0 bridgehead atoms. The summed E-state index contributed by atoms with van der Waals surface area (Å²) in [5, 5.41) is 27.5. The molecule has 2 N–H and O–H groups in total. The van der Waals surface area contributed by atoms with Gasteiger partial charge in [0.1, 0.15) is 10.9 Å². The van der Waals surface area contributed by atoms with E-state index in [4.69, 9.17) is 5.26 Å². The molecule has 2 aromatic rings. The number of sulfonamides is 1. The minimum Gasteiger partial charge on any atom is -0.393 e. The van der Waals surface area contributed by atoms with Gasteiger partial charge in [-0.3, -0.25) is 0 Å². The number of halogens is 4. The summed E-state index contributed by atoms with van der Waals surface area (Å²) in [6, 6.07) is 8.75. The average molecular weight is 569 g/mol. The fraction of sp³-hybridized carbons (Fsp3) is 0.316. The van der Waals surface area contributed by atoms with E-state index in [0.717, 1.165) is 24.3 Å². The van der Waals surface area contributed by atoms with E-state index in [1.54, 1.807) is 6.07 Å². The Morgan fingerprint density at radius 1 is 1.15 bits per heavy atom. The summed E-state index contributed by atoms with van der Waals surface area (Å²) in [4.78, 5) is -1.47. The summed E-state index contributed by atoms with van der Waals surface area (Å²) in [5.41, 5.74) is -3.80. The maximum absolute atomic E-state index is 13.5. The standard InChI is InChI=1S/C19H16BrF3N2O6S2/c20-13-3-6-16(15(7-13)19(21,22)23)33(30,31)25-9-17(18(27,10-25)11-26)32(28,29)14-4-1-12(8-24)2-5-14/h1-7,17,26-27H,9-11H2/t17-,18+/m0/s1. The van der Waals surface area contributed by atoms with Gasteiger partial charge in [-0.2, -0.15) is 22.7 Å². The van der Waals surface area contributed by atoms with Crippen molar-refractivity contribution in [2.75, 3.05) is 19.7 Å². The number of nitrogens with zero attached hydrogens (tertiary/aromatic N) is 2. The Kier molecular flexibility index (Phi) is 6.70. The van der Waals surface area contributed by atoms with Crippen molar-refractivity contribution in [3.63, 3.8) is 0 Å². The SMILES string of the molecule is N#Cc1ccc(S(=O)(=O)[C@H]2CN(S(=O)(=O)c3ccc(Br)cc3C(F)(F)F)C[C@@]2(O)CO)cc1. The molecule has 8 nitrogen and oxygen atoms in total. The molecule has 0 spiro atoms. The highest BCUT2D eigenvalue weighted by Gasteiger charge is 2.55. The molecule has 0 aromatic heterocycles. The van der Waals surface area contributed by atoms with Crippen LogP contribution < -0.4 is 0 Å². The van der Waals surface area contributed by atoms with Crippen LogP contribution in [0.15, 0.2) is 56.7 Å². The van der Waals surface area contributed by atoms with Crippen molar-refractivity contribution >= 4 is 35.8 Å². The molecule has 1 saturated heterocycles. The quantitative estimate of drug-likeness (QED) is 0.562. The van der Waals surface area contributed by atoms with E-state index >= 15 is 0 Å². The molecule has 0 aliphatic carbocycles. The molecule has 0 amide bonds. The molecule has 1 aliphatic rings. The highest BCUT2D eigenvalue weighted by atomic mass is 79.9. The number of β-amino-alcohol motifs (C(OH)–C–C–N with tert-alkyl or cyclic N) is 1. The summed E-state index contributed by atoms with van der Waals surface area (Å²) in [6.45, 7) is -3.00. The Hall–Kier alpha value is -2.02. The van der Waals surface area contributed by atoms with Crippen LogP contribution in [0, 0.1) is 11.3 Å². The van der Waals surface area contributed by atoms with Crippen molar-refractivity contribution < 1.29 is 40.2 Å². The maximum atomic E-state index is 13.5. The lowest BCUT2D eigenvalue weighted by Crippen LogP contribution is -2.49. The van der Waals surface area contributed by atoms with E-state index in [9.17, 15) is 40.2 Å². The number of hydrogen-bond acceptors (Lipinski definition) is 7. The maximum Gasteiger partial charge on any atom is 0.417 e. The van der Waals surface area contributed by atoms with Crippen LogP contribution >= 0.6 is 15.9 Å². The third kappa shape index (κ3) is 4.66. The highest BCUT2D eigenvalue weighted by Crippen LogP contribution is 2.40. The first kappa shape index (κ1) is 25.6. The van der Waals surface area contributed by atoms with E-state index in [-0.39, 0.29) is 14.9 Å². The van der Waals surface area contributed by atoms with Gasteiger partial charge in [-0.1, -0.05) is 15.9 Å². The van der Waals surface area contributed by atoms with Crippen LogP contribution in [-0.2, 0) is 26.0 Å². The van der Waals surface area contributed by atoms with Crippen LogP contribution in [0.1, 0.15) is 11.1 Å². The van der Waals surface area contributed by atoms with Crippen LogP contribution in [0.5, 0.6) is 0 Å². The van der Waals surface area contributed by atoms with Gasteiger partial charge in [0, 0.05) is 17.6 Å². The number of aliphatic hydroxyl groups is 2. The molecule has 0 saturated carbocycles. The Balaban J connectivity index is 2.07. The topological polar surface area (TPSA) is 136 Å². The second kappa shape index (κ2) is 8.64. The average Bonchev–Trinajstić information content (AvgIpc) is 3.13. The molecule has 14 heteroatoms. The van der Waals surface area contributed by atoms with Gasteiger partial charge in [-0.25, -0.2) is 16.8 Å². The van der Waals surface area contributed by atoms with Crippen molar-refractivity contribution in [3.8, 4) is 6.07 Å². The third-order valence-corrected chi connectivity index (χ3v) is 9.87. The van der Waals surface area contributed by atoms with Gasteiger partial charge in [-0.15, -0.1) is 0 Å². The predicted molar refractivity (Wildman–Crippen MR) is 112 cm³/mol. The van der Waals surface area contributed by atoms with Crippen LogP contribution in [0.3, 0.4) is 0 Å². The zero-order valence-electron chi connectivity index (χ0n) is 16.5. The van der Waals surface area contributed by atoms with E-state index in [0.29, 0.717) is 10.4 Å². The molecule has 0 radical (unpaired) electrons. The van der Waals surface area contributed by atoms with Crippen molar-refractivity contribution in [2.24, 2.45) is 0 Å². The fourth-order valence-corrected chi connectivity index (χ4v) is 7.63. The second-order valence-corrected chi connectivity index (χ2v) is 12.3. The van der Waals surface area contributed by atoms with Crippen LogP contribution in [-0.4, -0.2) is 61.9 Å². The number of alkyl halides is 3. The number of aliphatic hydroxyl groups excluding tert-OH is 1. The fourth-order valence-electron chi connectivity index (χ4n) is 3.52. The van der Waals surface area contributed by atoms with Gasteiger partial charge < -0.3 is 10.2 Å². The first-order valence-corrected chi connectivity index (χ1v) is 12.9. The van der Waals surface area contributed by atoms with E-state index in [2.05, 4.69) is 15.9 Å². The lowest BCUT2D eigenvalue weighted by Gasteiger charge is -2.26. The van der Waals surface area contributed by atoms with Gasteiger partial charge in [0.25, 0.3) is 0 Å². The molecule has 1 fully saturated rings. The Morgan fingerprint density at radius 2 is 1.76 bits per heavy atom. The van der Waals surface area contributed by atoms with Gasteiger partial charge >= 0.3 is 6.18 Å². The molecule has 1 heterocycles. The van der Waals surface area contributed by atoms with Gasteiger partial charge in [0.05, 0.1) is 33.6 Å². The largest absolute Gasteiger partial charge is 0.417 e. The van der Waals surface area contributed by atoms with Gasteiger partial charge in [0.15, 0.2) is 9.84 Å². The molecule has 2 aromatic carbocycles. The normalized spacial score (nSPS) is 22.3. The van der Waals surface area contributed by atoms with Crippen molar-refractivity contribution in [1.82, 2.24) is 4.31 Å².